The molecule has 110 valence electrons. The average Bonchev–Trinajstić information content (AvgIpc) is 2.95. The fourth-order valence-corrected chi connectivity index (χ4v) is 2.44. The van der Waals surface area contributed by atoms with Crippen molar-refractivity contribution < 1.29 is 23.9 Å². The van der Waals surface area contributed by atoms with Crippen LogP contribution in [-0.4, -0.2) is 29.4 Å². The van der Waals surface area contributed by atoms with Crippen LogP contribution in [0.25, 0.3) is 11.3 Å². The molecule has 2 heterocycles. The first-order chi connectivity index (χ1) is 10.1. The summed E-state index contributed by atoms with van der Waals surface area (Å²) in [4.78, 5) is 10.9. The van der Waals surface area contributed by atoms with Crippen molar-refractivity contribution >= 4 is 5.97 Å². The van der Waals surface area contributed by atoms with Gasteiger partial charge in [-0.15, -0.1) is 0 Å². The molecular formula is C15H15NO5. The lowest BCUT2D eigenvalue weighted by molar-refractivity contribution is 0.0652. The molecule has 6 heteroatoms. The molecule has 0 saturated heterocycles. The lowest BCUT2D eigenvalue weighted by Gasteiger charge is -2.24. The second kappa shape index (κ2) is 5.12. The SMILES string of the molecule is CC(C)c1c(-c2cc(C(=O)O)on2)ccc2c1OCCO2. The zero-order valence-corrected chi connectivity index (χ0v) is 11.8. The number of hydrogen-bond acceptors (Lipinski definition) is 5. The van der Waals surface area contributed by atoms with Gasteiger partial charge in [0.2, 0.25) is 5.76 Å². The number of fused-ring (bicyclic) bond motifs is 1. The van der Waals surface area contributed by atoms with Crippen LogP contribution in [0.2, 0.25) is 0 Å². The van der Waals surface area contributed by atoms with E-state index in [0.29, 0.717) is 30.4 Å². The summed E-state index contributed by atoms with van der Waals surface area (Å²) in [7, 11) is 0. The van der Waals surface area contributed by atoms with Gasteiger partial charge in [0.1, 0.15) is 18.9 Å². The first-order valence-electron chi connectivity index (χ1n) is 6.71. The Kier molecular flexibility index (Phi) is 3.29. The third kappa shape index (κ3) is 2.33. The van der Waals surface area contributed by atoms with E-state index in [1.165, 1.54) is 6.07 Å². The number of carbonyl (C=O) groups is 1. The van der Waals surface area contributed by atoms with Gasteiger partial charge in [0.25, 0.3) is 0 Å². The number of benzene rings is 1. The summed E-state index contributed by atoms with van der Waals surface area (Å²) in [6.07, 6.45) is 0. The molecule has 1 N–H and O–H groups in total. The summed E-state index contributed by atoms with van der Waals surface area (Å²) in [6, 6.07) is 5.08. The molecule has 0 saturated carbocycles. The lowest BCUT2D eigenvalue weighted by Crippen LogP contribution is -2.17. The standard InChI is InChI=1S/C15H15NO5/c1-8(2)13-9(10-7-12(15(17)18)21-16-10)3-4-11-14(13)20-6-5-19-11/h3-4,7-8H,5-6H2,1-2H3,(H,17,18). The van der Waals surface area contributed by atoms with Crippen molar-refractivity contribution in [1.82, 2.24) is 5.16 Å². The highest BCUT2D eigenvalue weighted by atomic mass is 16.6. The Morgan fingerprint density at radius 2 is 2.05 bits per heavy atom. The van der Waals surface area contributed by atoms with Crippen LogP contribution in [0.4, 0.5) is 0 Å². The van der Waals surface area contributed by atoms with Gasteiger partial charge < -0.3 is 19.1 Å². The van der Waals surface area contributed by atoms with Crippen LogP contribution in [0.3, 0.4) is 0 Å². The van der Waals surface area contributed by atoms with E-state index in [1.54, 1.807) is 0 Å². The van der Waals surface area contributed by atoms with E-state index in [2.05, 4.69) is 5.16 Å². The number of hydrogen-bond donors (Lipinski definition) is 1. The lowest BCUT2D eigenvalue weighted by atomic mass is 9.93. The Labute approximate surface area is 121 Å². The predicted molar refractivity (Wildman–Crippen MR) is 74.0 cm³/mol. The van der Waals surface area contributed by atoms with Crippen LogP contribution in [0.1, 0.15) is 35.9 Å². The molecule has 0 bridgehead atoms. The molecule has 3 rings (SSSR count). The fraction of sp³-hybridized carbons (Fsp3) is 0.333. The Bertz CT molecular complexity index is 689. The van der Waals surface area contributed by atoms with Gasteiger partial charge >= 0.3 is 5.97 Å². The highest BCUT2D eigenvalue weighted by molar-refractivity contribution is 5.86. The van der Waals surface area contributed by atoms with Crippen molar-refractivity contribution in [1.29, 1.82) is 0 Å². The van der Waals surface area contributed by atoms with Crippen LogP contribution >= 0.6 is 0 Å². The summed E-state index contributed by atoms with van der Waals surface area (Å²) in [6.45, 7) is 5.09. The zero-order valence-electron chi connectivity index (χ0n) is 11.8. The Morgan fingerprint density at radius 3 is 2.71 bits per heavy atom. The number of ether oxygens (including phenoxy) is 2. The van der Waals surface area contributed by atoms with Gasteiger partial charge in [-0.3, -0.25) is 0 Å². The maximum atomic E-state index is 10.9. The molecule has 0 radical (unpaired) electrons. The second-order valence-electron chi connectivity index (χ2n) is 5.09. The third-order valence-corrected chi connectivity index (χ3v) is 3.32. The van der Waals surface area contributed by atoms with Crippen LogP contribution in [-0.2, 0) is 0 Å². The molecule has 6 nitrogen and oxygen atoms in total. The van der Waals surface area contributed by atoms with E-state index in [-0.39, 0.29) is 11.7 Å². The number of aromatic carboxylic acids is 1. The Balaban J connectivity index is 2.15. The minimum absolute atomic E-state index is 0.168. The minimum Gasteiger partial charge on any atom is -0.486 e. The number of carboxylic acid groups (broad SMARTS) is 1. The average molecular weight is 289 g/mol. The van der Waals surface area contributed by atoms with E-state index in [0.717, 1.165) is 11.1 Å². The first-order valence-corrected chi connectivity index (χ1v) is 6.71. The van der Waals surface area contributed by atoms with Gasteiger partial charge in [-0.05, 0) is 18.1 Å². The minimum atomic E-state index is -1.14. The maximum absolute atomic E-state index is 10.9. The maximum Gasteiger partial charge on any atom is 0.374 e. The third-order valence-electron chi connectivity index (χ3n) is 3.32. The van der Waals surface area contributed by atoms with Crippen molar-refractivity contribution in [3.8, 4) is 22.8 Å². The van der Waals surface area contributed by atoms with Crippen LogP contribution in [0.15, 0.2) is 22.7 Å². The van der Waals surface area contributed by atoms with E-state index in [1.807, 2.05) is 26.0 Å². The van der Waals surface area contributed by atoms with Gasteiger partial charge in [0.05, 0.1) is 0 Å². The van der Waals surface area contributed by atoms with Crippen molar-refractivity contribution in [2.75, 3.05) is 13.2 Å². The topological polar surface area (TPSA) is 81.8 Å². The van der Waals surface area contributed by atoms with Gasteiger partial charge in [0, 0.05) is 17.2 Å². The molecule has 1 aliphatic rings. The van der Waals surface area contributed by atoms with Gasteiger partial charge in [0.15, 0.2) is 11.5 Å². The summed E-state index contributed by atoms with van der Waals surface area (Å²) >= 11 is 0. The summed E-state index contributed by atoms with van der Waals surface area (Å²) in [5, 5.41) is 12.8. The molecule has 1 aromatic heterocycles. The summed E-state index contributed by atoms with van der Waals surface area (Å²) in [5.74, 6) is 0.248. The molecule has 1 aliphatic heterocycles. The fourth-order valence-electron chi connectivity index (χ4n) is 2.44. The molecule has 0 atom stereocenters. The normalized spacial score (nSPS) is 13.5. The molecule has 0 fully saturated rings. The van der Waals surface area contributed by atoms with Crippen LogP contribution in [0.5, 0.6) is 11.5 Å². The van der Waals surface area contributed by atoms with E-state index in [4.69, 9.17) is 19.1 Å². The molecular weight excluding hydrogens is 274 g/mol. The van der Waals surface area contributed by atoms with Gasteiger partial charge in [-0.2, -0.15) is 0 Å². The molecule has 1 aromatic carbocycles. The number of aromatic nitrogens is 1. The highest BCUT2D eigenvalue weighted by Gasteiger charge is 2.24. The monoisotopic (exact) mass is 289 g/mol. The van der Waals surface area contributed by atoms with Crippen molar-refractivity contribution in [2.24, 2.45) is 0 Å². The summed E-state index contributed by atoms with van der Waals surface area (Å²) < 4.78 is 16.2. The summed E-state index contributed by atoms with van der Waals surface area (Å²) in [5.41, 5.74) is 2.22. The molecule has 0 unspecified atom stereocenters. The van der Waals surface area contributed by atoms with E-state index >= 15 is 0 Å². The molecule has 0 aliphatic carbocycles. The van der Waals surface area contributed by atoms with Crippen molar-refractivity contribution in [3.63, 3.8) is 0 Å². The number of carboxylic acids is 1. The Hall–Kier alpha value is -2.50. The molecule has 21 heavy (non-hydrogen) atoms. The molecule has 0 amide bonds. The van der Waals surface area contributed by atoms with Gasteiger partial charge in [-0.25, -0.2) is 4.79 Å². The molecule has 0 spiro atoms. The van der Waals surface area contributed by atoms with Crippen LogP contribution < -0.4 is 9.47 Å². The largest absolute Gasteiger partial charge is 0.486 e. The number of nitrogens with zero attached hydrogens (tertiary/aromatic N) is 1. The van der Waals surface area contributed by atoms with Crippen molar-refractivity contribution in [2.45, 2.75) is 19.8 Å². The Morgan fingerprint density at radius 1 is 1.29 bits per heavy atom. The zero-order chi connectivity index (χ0) is 15.0. The van der Waals surface area contributed by atoms with Crippen molar-refractivity contribution in [3.05, 3.63) is 29.5 Å². The number of rotatable bonds is 3. The first kappa shape index (κ1) is 13.5. The van der Waals surface area contributed by atoms with E-state index < -0.39 is 5.97 Å². The second-order valence-corrected chi connectivity index (χ2v) is 5.09. The highest BCUT2D eigenvalue weighted by Crippen LogP contribution is 2.43. The predicted octanol–water partition coefficient (Wildman–Crippen LogP) is 2.93. The smallest absolute Gasteiger partial charge is 0.374 e. The van der Waals surface area contributed by atoms with Crippen LogP contribution in [0, 0.1) is 0 Å². The van der Waals surface area contributed by atoms with E-state index in [9.17, 15) is 4.79 Å². The van der Waals surface area contributed by atoms with Gasteiger partial charge in [-0.1, -0.05) is 19.0 Å². The quantitative estimate of drug-likeness (QED) is 0.935. The molecule has 2 aromatic rings.